The Hall–Kier alpha value is -1.92. The highest BCUT2D eigenvalue weighted by molar-refractivity contribution is 6.05. The first-order valence-corrected chi connectivity index (χ1v) is 4.33. The zero-order valence-corrected chi connectivity index (χ0v) is 8.21. The number of carboxylic acid groups (broad SMARTS) is 1. The summed E-state index contributed by atoms with van der Waals surface area (Å²) in [6.45, 7) is 0. The number of benzene rings is 1. The van der Waals surface area contributed by atoms with Crippen LogP contribution in [0.25, 0.3) is 0 Å². The summed E-state index contributed by atoms with van der Waals surface area (Å²) in [4.78, 5) is 21.3. The van der Waals surface area contributed by atoms with Crippen molar-refractivity contribution in [3.63, 3.8) is 0 Å². The van der Waals surface area contributed by atoms with Crippen LogP contribution >= 0.6 is 0 Å². The summed E-state index contributed by atoms with van der Waals surface area (Å²) in [5.74, 6) is -3.99. The number of ketones is 1. The maximum Gasteiger partial charge on any atom is 0.419 e. The lowest BCUT2D eigenvalue weighted by molar-refractivity contribution is -0.140. The van der Waals surface area contributed by atoms with Gasteiger partial charge in [0, 0.05) is 5.56 Å². The largest absolute Gasteiger partial charge is 0.481 e. The highest BCUT2D eigenvalue weighted by atomic mass is 19.4. The predicted molar refractivity (Wildman–Crippen MR) is 48.0 cm³/mol. The maximum absolute atomic E-state index is 13.0. The van der Waals surface area contributed by atoms with E-state index < -0.39 is 41.3 Å². The minimum absolute atomic E-state index is 0.383. The summed E-state index contributed by atoms with van der Waals surface area (Å²) < 4.78 is 49.5. The Morgan fingerprint density at radius 3 is 2.24 bits per heavy atom. The Bertz CT molecular complexity index is 465. The van der Waals surface area contributed by atoms with Gasteiger partial charge in [-0.25, -0.2) is 4.39 Å². The Morgan fingerprint density at radius 2 is 1.82 bits per heavy atom. The van der Waals surface area contributed by atoms with Crippen LogP contribution in [-0.4, -0.2) is 16.9 Å². The topological polar surface area (TPSA) is 54.4 Å². The van der Waals surface area contributed by atoms with Crippen LogP contribution in [0, 0.1) is 5.82 Å². The molecule has 0 radical (unpaired) electrons. The first-order valence-electron chi connectivity index (χ1n) is 4.33. The lowest BCUT2D eigenvalue weighted by Gasteiger charge is -2.08. The molecule has 7 heteroatoms. The van der Waals surface area contributed by atoms with Crippen LogP contribution in [0.1, 0.15) is 22.3 Å². The second-order valence-electron chi connectivity index (χ2n) is 3.19. The lowest BCUT2D eigenvalue weighted by Crippen LogP contribution is -2.11. The molecule has 0 saturated heterocycles. The van der Waals surface area contributed by atoms with Gasteiger partial charge < -0.3 is 5.11 Å². The normalized spacial score (nSPS) is 11.3. The van der Waals surface area contributed by atoms with Gasteiger partial charge >= 0.3 is 12.1 Å². The molecule has 0 saturated carbocycles. The van der Waals surface area contributed by atoms with E-state index in [1.165, 1.54) is 0 Å². The zero-order chi connectivity index (χ0) is 13.2. The van der Waals surface area contributed by atoms with Gasteiger partial charge in [-0.2, -0.15) is 13.2 Å². The third kappa shape index (κ3) is 3.27. The Kier molecular flexibility index (Phi) is 3.50. The van der Waals surface area contributed by atoms with E-state index in [9.17, 15) is 27.2 Å². The van der Waals surface area contributed by atoms with E-state index in [-0.39, 0.29) is 0 Å². The van der Waals surface area contributed by atoms with Crippen molar-refractivity contribution in [2.75, 3.05) is 0 Å². The molecule has 1 N–H and O–H groups in total. The summed E-state index contributed by atoms with van der Waals surface area (Å²) in [6.07, 6.45) is -5.75. The molecule has 92 valence electrons. The SMILES string of the molecule is O=C(O)CC(=O)c1ccc(C(F)(F)F)c(F)c1. The fourth-order valence-corrected chi connectivity index (χ4v) is 1.16. The highest BCUT2D eigenvalue weighted by Crippen LogP contribution is 2.31. The molecule has 0 amide bonds. The highest BCUT2D eigenvalue weighted by Gasteiger charge is 2.34. The molecular weight excluding hydrogens is 244 g/mol. The number of Topliss-reactive ketones (excluding diaryl/α,β-unsaturated/α-hetero) is 1. The minimum atomic E-state index is -4.85. The smallest absolute Gasteiger partial charge is 0.419 e. The number of carbonyl (C=O) groups excluding carboxylic acids is 1. The second kappa shape index (κ2) is 4.52. The number of carboxylic acids is 1. The molecule has 0 atom stereocenters. The van der Waals surface area contributed by atoms with Gasteiger partial charge in [0.1, 0.15) is 12.2 Å². The van der Waals surface area contributed by atoms with Crippen LogP contribution in [0.3, 0.4) is 0 Å². The Morgan fingerprint density at radius 1 is 1.24 bits per heavy atom. The van der Waals surface area contributed by atoms with E-state index >= 15 is 0 Å². The lowest BCUT2D eigenvalue weighted by atomic mass is 10.1. The van der Waals surface area contributed by atoms with Crippen LogP contribution in [0.5, 0.6) is 0 Å². The number of hydrogen-bond donors (Lipinski definition) is 1. The Labute approximate surface area is 92.7 Å². The third-order valence-corrected chi connectivity index (χ3v) is 1.91. The predicted octanol–water partition coefficient (Wildman–Crippen LogP) is 2.50. The summed E-state index contributed by atoms with van der Waals surface area (Å²) in [7, 11) is 0. The van der Waals surface area contributed by atoms with Crippen LogP contribution in [0.15, 0.2) is 18.2 Å². The summed E-state index contributed by atoms with van der Waals surface area (Å²) >= 11 is 0. The van der Waals surface area contributed by atoms with E-state index in [0.717, 1.165) is 6.07 Å². The molecule has 0 heterocycles. The van der Waals surface area contributed by atoms with Crippen molar-refractivity contribution in [2.45, 2.75) is 12.6 Å². The molecule has 3 nitrogen and oxygen atoms in total. The van der Waals surface area contributed by atoms with Crippen molar-refractivity contribution in [1.82, 2.24) is 0 Å². The van der Waals surface area contributed by atoms with Crippen LogP contribution in [0.2, 0.25) is 0 Å². The fraction of sp³-hybridized carbons (Fsp3) is 0.200. The molecule has 1 rings (SSSR count). The average molecular weight is 250 g/mol. The van der Waals surface area contributed by atoms with Crippen molar-refractivity contribution in [3.8, 4) is 0 Å². The van der Waals surface area contributed by atoms with Crippen molar-refractivity contribution >= 4 is 11.8 Å². The number of hydrogen-bond acceptors (Lipinski definition) is 2. The average Bonchev–Trinajstić information content (AvgIpc) is 2.14. The van der Waals surface area contributed by atoms with Gasteiger partial charge in [-0.3, -0.25) is 9.59 Å². The number of alkyl halides is 3. The first kappa shape index (κ1) is 13.1. The molecule has 0 aromatic heterocycles. The number of carbonyl (C=O) groups is 2. The second-order valence-corrected chi connectivity index (χ2v) is 3.19. The number of rotatable bonds is 3. The van der Waals surface area contributed by atoms with E-state index in [1.54, 1.807) is 0 Å². The first-order chi connectivity index (χ1) is 7.71. The molecule has 0 aliphatic carbocycles. The summed E-state index contributed by atoms with van der Waals surface area (Å²) in [6, 6.07) is 1.54. The van der Waals surface area contributed by atoms with Crippen molar-refractivity contribution in [2.24, 2.45) is 0 Å². The molecule has 0 bridgehead atoms. The molecule has 0 spiro atoms. The van der Waals surface area contributed by atoms with E-state index in [4.69, 9.17) is 5.11 Å². The third-order valence-electron chi connectivity index (χ3n) is 1.91. The summed E-state index contributed by atoms with van der Waals surface area (Å²) in [5, 5.41) is 8.30. The fourth-order valence-electron chi connectivity index (χ4n) is 1.16. The van der Waals surface area contributed by atoms with Crippen molar-refractivity contribution in [1.29, 1.82) is 0 Å². The molecular formula is C10H6F4O3. The molecule has 0 fully saturated rings. The zero-order valence-electron chi connectivity index (χ0n) is 8.21. The summed E-state index contributed by atoms with van der Waals surface area (Å²) in [5.41, 5.74) is -1.90. The van der Waals surface area contributed by atoms with Crippen molar-refractivity contribution in [3.05, 3.63) is 35.1 Å². The van der Waals surface area contributed by atoms with Crippen LogP contribution in [0.4, 0.5) is 17.6 Å². The van der Waals surface area contributed by atoms with Gasteiger partial charge in [-0.15, -0.1) is 0 Å². The maximum atomic E-state index is 13.0. The molecule has 0 unspecified atom stereocenters. The van der Waals surface area contributed by atoms with Gasteiger partial charge in [0.05, 0.1) is 5.56 Å². The molecule has 1 aromatic carbocycles. The van der Waals surface area contributed by atoms with Gasteiger partial charge in [-0.1, -0.05) is 6.07 Å². The standard InChI is InChI=1S/C10H6F4O3/c11-7-3-5(8(15)4-9(16)17)1-2-6(7)10(12,13)14/h1-3H,4H2,(H,16,17). The molecule has 0 aliphatic rings. The Balaban J connectivity index is 3.05. The molecule has 0 aliphatic heterocycles. The van der Waals surface area contributed by atoms with E-state index in [0.29, 0.717) is 12.1 Å². The van der Waals surface area contributed by atoms with E-state index in [2.05, 4.69) is 0 Å². The molecule has 17 heavy (non-hydrogen) atoms. The van der Waals surface area contributed by atoms with Gasteiger partial charge in [-0.05, 0) is 12.1 Å². The van der Waals surface area contributed by atoms with Gasteiger partial charge in [0.25, 0.3) is 0 Å². The van der Waals surface area contributed by atoms with Crippen LogP contribution in [-0.2, 0) is 11.0 Å². The number of aliphatic carboxylic acids is 1. The number of halogens is 4. The monoisotopic (exact) mass is 250 g/mol. The van der Waals surface area contributed by atoms with Gasteiger partial charge in [0.15, 0.2) is 5.78 Å². The van der Waals surface area contributed by atoms with E-state index in [1.807, 2.05) is 0 Å². The van der Waals surface area contributed by atoms with Crippen molar-refractivity contribution < 1.29 is 32.3 Å². The minimum Gasteiger partial charge on any atom is -0.481 e. The quantitative estimate of drug-likeness (QED) is 0.509. The van der Waals surface area contributed by atoms with Crippen LogP contribution < -0.4 is 0 Å². The molecule has 1 aromatic rings. The van der Waals surface area contributed by atoms with Gasteiger partial charge in [0.2, 0.25) is 0 Å².